The topological polar surface area (TPSA) is 32.9 Å². The van der Waals surface area contributed by atoms with Crippen LogP contribution in [0.2, 0.25) is 10.0 Å². The number of carbonyl (C=O) groups is 1. The number of hydrogen-bond donors (Lipinski definition) is 1. The zero-order valence-electron chi connectivity index (χ0n) is 11.0. The van der Waals surface area contributed by atoms with Gasteiger partial charge in [-0.15, -0.1) is 0 Å². The maximum Gasteiger partial charge on any atom is 0.196 e. The zero-order valence-corrected chi connectivity index (χ0v) is 14.1. The lowest BCUT2D eigenvalue weighted by molar-refractivity contribution is 0.103. The quantitative estimate of drug-likeness (QED) is 0.560. The minimum atomic E-state index is -0.0824. The second kappa shape index (κ2) is 5.48. The third-order valence-corrected chi connectivity index (χ3v) is 4.52. The summed E-state index contributed by atoms with van der Waals surface area (Å²) in [5.41, 5.74) is 2.93. The van der Waals surface area contributed by atoms with E-state index in [1.807, 2.05) is 25.1 Å². The van der Waals surface area contributed by atoms with E-state index < -0.39 is 0 Å². The van der Waals surface area contributed by atoms with Crippen LogP contribution in [0.15, 0.2) is 41.0 Å². The first-order chi connectivity index (χ1) is 9.97. The first-order valence-corrected chi connectivity index (χ1v) is 7.79. The van der Waals surface area contributed by atoms with Crippen LogP contribution in [0.4, 0.5) is 0 Å². The number of aryl methyl sites for hydroxylation is 1. The van der Waals surface area contributed by atoms with Crippen molar-refractivity contribution in [3.63, 3.8) is 0 Å². The Kier molecular flexibility index (Phi) is 3.82. The Morgan fingerprint density at radius 1 is 1.14 bits per heavy atom. The predicted octanol–water partition coefficient (Wildman–Crippen LogP) is 5.78. The number of carbonyl (C=O) groups excluding carboxylic acids is 1. The van der Waals surface area contributed by atoms with Crippen molar-refractivity contribution < 1.29 is 4.79 Å². The molecule has 1 heterocycles. The number of benzene rings is 2. The molecule has 1 N–H and O–H groups in total. The molecule has 0 amide bonds. The van der Waals surface area contributed by atoms with E-state index in [-0.39, 0.29) is 5.78 Å². The highest BCUT2D eigenvalue weighted by Crippen LogP contribution is 2.32. The van der Waals surface area contributed by atoms with E-state index in [2.05, 4.69) is 20.9 Å². The molecule has 0 saturated carbocycles. The number of H-pyrrole nitrogens is 1. The molecule has 3 rings (SSSR count). The van der Waals surface area contributed by atoms with Crippen LogP contribution < -0.4 is 0 Å². The van der Waals surface area contributed by atoms with Gasteiger partial charge in [0, 0.05) is 37.7 Å². The predicted molar refractivity (Wildman–Crippen MR) is 90.6 cm³/mol. The van der Waals surface area contributed by atoms with Gasteiger partial charge in [0.05, 0.1) is 5.02 Å². The molecule has 3 aromatic rings. The Hall–Kier alpha value is -1.29. The number of halogens is 3. The summed E-state index contributed by atoms with van der Waals surface area (Å²) in [6.07, 6.45) is 1.67. The normalized spacial score (nSPS) is 11.0. The fourth-order valence-corrected chi connectivity index (χ4v) is 3.34. The van der Waals surface area contributed by atoms with E-state index in [1.54, 1.807) is 18.3 Å². The minimum absolute atomic E-state index is 0.0824. The van der Waals surface area contributed by atoms with Gasteiger partial charge in [-0.25, -0.2) is 0 Å². The van der Waals surface area contributed by atoms with Gasteiger partial charge in [0.1, 0.15) is 0 Å². The molecule has 2 nitrogen and oxygen atoms in total. The van der Waals surface area contributed by atoms with Crippen LogP contribution in [0, 0.1) is 6.92 Å². The van der Waals surface area contributed by atoms with E-state index in [1.165, 1.54) is 0 Å². The molecule has 0 aliphatic heterocycles. The summed E-state index contributed by atoms with van der Waals surface area (Å²) in [5.74, 6) is -0.0824. The number of aromatic nitrogens is 1. The zero-order chi connectivity index (χ0) is 15.1. The smallest absolute Gasteiger partial charge is 0.196 e. The Bertz CT molecular complexity index is 870. The molecule has 0 aliphatic carbocycles. The number of rotatable bonds is 2. The lowest BCUT2D eigenvalue weighted by Crippen LogP contribution is -2.02. The Morgan fingerprint density at radius 2 is 1.90 bits per heavy atom. The first kappa shape index (κ1) is 14.6. The summed E-state index contributed by atoms with van der Waals surface area (Å²) in [6.45, 7) is 1.95. The Morgan fingerprint density at radius 3 is 2.67 bits per heavy atom. The Balaban J connectivity index is 2.21. The summed E-state index contributed by atoms with van der Waals surface area (Å²) in [6, 6.07) is 9.07. The Labute approximate surface area is 140 Å². The van der Waals surface area contributed by atoms with Gasteiger partial charge >= 0.3 is 0 Å². The molecule has 0 spiro atoms. The van der Waals surface area contributed by atoms with Gasteiger partial charge in [0.2, 0.25) is 0 Å². The van der Waals surface area contributed by atoms with Crippen molar-refractivity contribution >= 4 is 55.8 Å². The highest BCUT2D eigenvalue weighted by molar-refractivity contribution is 9.10. The van der Waals surface area contributed by atoms with Crippen LogP contribution in [0.5, 0.6) is 0 Å². The van der Waals surface area contributed by atoms with E-state index in [4.69, 9.17) is 23.2 Å². The summed E-state index contributed by atoms with van der Waals surface area (Å²) >= 11 is 15.6. The van der Waals surface area contributed by atoms with Gasteiger partial charge in [0.25, 0.3) is 0 Å². The van der Waals surface area contributed by atoms with E-state index in [0.717, 1.165) is 15.6 Å². The first-order valence-electron chi connectivity index (χ1n) is 6.24. The monoisotopic (exact) mass is 381 g/mol. The molecule has 2 aromatic carbocycles. The summed E-state index contributed by atoms with van der Waals surface area (Å²) in [4.78, 5) is 15.8. The molecule has 0 fully saturated rings. The van der Waals surface area contributed by atoms with E-state index in [9.17, 15) is 4.79 Å². The second-order valence-corrected chi connectivity index (χ2v) is 6.52. The van der Waals surface area contributed by atoms with Crippen molar-refractivity contribution in [2.75, 3.05) is 0 Å². The second-order valence-electron chi connectivity index (χ2n) is 4.82. The SMILES string of the molecule is Cc1ccc(Br)c(C(=O)c2c[nH]c3cc(Cl)cc(Cl)c23)c1. The van der Waals surface area contributed by atoms with Crippen molar-refractivity contribution in [1.29, 1.82) is 0 Å². The van der Waals surface area contributed by atoms with Crippen LogP contribution in [0.25, 0.3) is 10.9 Å². The van der Waals surface area contributed by atoms with Crippen LogP contribution in [0.3, 0.4) is 0 Å². The van der Waals surface area contributed by atoms with Gasteiger partial charge in [-0.3, -0.25) is 4.79 Å². The molecule has 5 heteroatoms. The third kappa shape index (κ3) is 2.61. The largest absolute Gasteiger partial charge is 0.360 e. The molecule has 0 unspecified atom stereocenters. The average Bonchev–Trinajstić information content (AvgIpc) is 2.84. The summed E-state index contributed by atoms with van der Waals surface area (Å²) in [7, 11) is 0. The molecule has 0 bridgehead atoms. The van der Waals surface area contributed by atoms with Crippen LogP contribution in [-0.4, -0.2) is 10.8 Å². The van der Waals surface area contributed by atoms with Gasteiger partial charge in [-0.1, -0.05) is 50.8 Å². The molecule has 0 atom stereocenters. The standard InChI is InChI=1S/C16H10BrCl2NO/c1-8-2-3-12(17)10(4-8)16(21)11-7-20-14-6-9(18)5-13(19)15(11)14/h2-7,20H,1H3. The maximum absolute atomic E-state index is 12.8. The highest BCUT2D eigenvalue weighted by atomic mass is 79.9. The molecular formula is C16H10BrCl2NO. The lowest BCUT2D eigenvalue weighted by atomic mass is 10.0. The number of aromatic amines is 1. The fourth-order valence-electron chi connectivity index (χ4n) is 2.32. The molecule has 0 aliphatic rings. The maximum atomic E-state index is 12.8. The number of ketones is 1. The van der Waals surface area contributed by atoms with E-state index >= 15 is 0 Å². The molecule has 21 heavy (non-hydrogen) atoms. The molecule has 1 aromatic heterocycles. The highest BCUT2D eigenvalue weighted by Gasteiger charge is 2.19. The number of fused-ring (bicyclic) bond motifs is 1. The average molecular weight is 383 g/mol. The van der Waals surface area contributed by atoms with Gasteiger partial charge in [0.15, 0.2) is 5.78 Å². The molecular weight excluding hydrogens is 373 g/mol. The summed E-state index contributed by atoms with van der Waals surface area (Å²) in [5, 5.41) is 1.69. The van der Waals surface area contributed by atoms with Crippen molar-refractivity contribution in [2.45, 2.75) is 6.92 Å². The van der Waals surface area contributed by atoms with Crippen molar-refractivity contribution in [3.05, 3.63) is 67.7 Å². The number of nitrogens with one attached hydrogen (secondary N) is 1. The van der Waals surface area contributed by atoms with Crippen molar-refractivity contribution in [2.24, 2.45) is 0 Å². The van der Waals surface area contributed by atoms with Gasteiger partial charge in [-0.2, -0.15) is 0 Å². The number of hydrogen-bond acceptors (Lipinski definition) is 1. The summed E-state index contributed by atoms with van der Waals surface area (Å²) < 4.78 is 0.762. The fraction of sp³-hybridized carbons (Fsp3) is 0.0625. The van der Waals surface area contributed by atoms with Crippen LogP contribution >= 0.6 is 39.1 Å². The van der Waals surface area contributed by atoms with Crippen molar-refractivity contribution in [1.82, 2.24) is 4.98 Å². The van der Waals surface area contributed by atoms with E-state index in [0.29, 0.717) is 26.6 Å². The van der Waals surface area contributed by atoms with Gasteiger partial charge < -0.3 is 4.98 Å². The van der Waals surface area contributed by atoms with Crippen molar-refractivity contribution in [3.8, 4) is 0 Å². The molecule has 0 saturated heterocycles. The minimum Gasteiger partial charge on any atom is -0.360 e. The molecule has 106 valence electrons. The molecule has 0 radical (unpaired) electrons. The third-order valence-electron chi connectivity index (χ3n) is 3.31. The van der Waals surface area contributed by atoms with Crippen LogP contribution in [-0.2, 0) is 0 Å². The van der Waals surface area contributed by atoms with Gasteiger partial charge in [-0.05, 0) is 31.2 Å². The van der Waals surface area contributed by atoms with Crippen LogP contribution in [0.1, 0.15) is 21.5 Å². The lowest BCUT2D eigenvalue weighted by Gasteiger charge is -2.05.